The number of rotatable bonds is 3. The SMILES string of the molecule is CN(C)C1CCN(CC2CSCCN2)C1. The van der Waals surface area contributed by atoms with Crippen LogP contribution in [0.2, 0.25) is 0 Å². The highest BCUT2D eigenvalue weighted by molar-refractivity contribution is 7.99. The molecule has 2 unspecified atom stereocenters. The molecule has 2 aliphatic rings. The van der Waals surface area contributed by atoms with E-state index in [9.17, 15) is 0 Å². The van der Waals surface area contributed by atoms with E-state index < -0.39 is 0 Å². The van der Waals surface area contributed by atoms with Gasteiger partial charge in [-0.1, -0.05) is 0 Å². The third-order valence-corrected chi connectivity index (χ3v) is 4.59. The van der Waals surface area contributed by atoms with Crippen molar-refractivity contribution >= 4 is 11.8 Å². The van der Waals surface area contributed by atoms with E-state index in [0.717, 1.165) is 12.1 Å². The summed E-state index contributed by atoms with van der Waals surface area (Å²) in [5, 5.41) is 3.61. The van der Waals surface area contributed by atoms with E-state index in [-0.39, 0.29) is 0 Å². The summed E-state index contributed by atoms with van der Waals surface area (Å²) in [6.07, 6.45) is 1.34. The van der Waals surface area contributed by atoms with Crippen molar-refractivity contribution in [1.29, 1.82) is 0 Å². The van der Waals surface area contributed by atoms with Gasteiger partial charge in [-0.2, -0.15) is 11.8 Å². The summed E-state index contributed by atoms with van der Waals surface area (Å²) in [7, 11) is 4.39. The molecule has 0 amide bonds. The normalized spacial score (nSPS) is 33.8. The highest BCUT2D eigenvalue weighted by atomic mass is 32.2. The Morgan fingerprint density at radius 1 is 1.47 bits per heavy atom. The average Bonchev–Trinajstić information content (AvgIpc) is 2.68. The molecule has 0 aromatic rings. The van der Waals surface area contributed by atoms with Crippen molar-refractivity contribution in [3.05, 3.63) is 0 Å². The second-order valence-electron chi connectivity index (χ2n) is 4.89. The van der Waals surface area contributed by atoms with Gasteiger partial charge in [0.1, 0.15) is 0 Å². The Morgan fingerprint density at radius 2 is 2.33 bits per heavy atom. The van der Waals surface area contributed by atoms with Crippen molar-refractivity contribution in [2.45, 2.75) is 18.5 Å². The molecule has 2 saturated heterocycles. The van der Waals surface area contributed by atoms with Crippen LogP contribution in [-0.2, 0) is 0 Å². The Labute approximate surface area is 97.6 Å². The number of nitrogens with zero attached hydrogens (tertiary/aromatic N) is 2. The molecule has 0 aliphatic carbocycles. The number of hydrogen-bond donors (Lipinski definition) is 1. The highest BCUT2D eigenvalue weighted by Crippen LogP contribution is 2.15. The summed E-state index contributed by atoms with van der Waals surface area (Å²) >= 11 is 2.09. The van der Waals surface area contributed by atoms with Crippen LogP contribution >= 0.6 is 11.8 Å². The zero-order chi connectivity index (χ0) is 10.7. The summed E-state index contributed by atoms with van der Waals surface area (Å²) in [6.45, 7) is 4.99. The molecular formula is C11H23N3S. The molecule has 0 aromatic carbocycles. The van der Waals surface area contributed by atoms with Gasteiger partial charge in [0, 0.05) is 43.2 Å². The standard InChI is InChI=1S/C11H23N3S/c1-13(2)11-3-5-14(8-11)7-10-9-15-6-4-12-10/h10-12H,3-9H2,1-2H3. The number of hydrogen-bond acceptors (Lipinski definition) is 4. The van der Waals surface area contributed by atoms with Gasteiger partial charge in [-0.3, -0.25) is 0 Å². The minimum atomic E-state index is 0.727. The van der Waals surface area contributed by atoms with E-state index in [1.54, 1.807) is 0 Å². The quantitative estimate of drug-likeness (QED) is 0.751. The maximum absolute atomic E-state index is 3.61. The molecule has 0 saturated carbocycles. The van der Waals surface area contributed by atoms with Gasteiger partial charge in [-0.05, 0) is 27.1 Å². The molecule has 0 bridgehead atoms. The Morgan fingerprint density at radius 3 is 2.93 bits per heavy atom. The molecule has 0 radical (unpaired) electrons. The van der Waals surface area contributed by atoms with Crippen molar-refractivity contribution in [3.8, 4) is 0 Å². The molecule has 15 heavy (non-hydrogen) atoms. The van der Waals surface area contributed by atoms with E-state index in [0.29, 0.717) is 0 Å². The van der Waals surface area contributed by atoms with E-state index >= 15 is 0 Å². The lowest BCUT2D eigenvalue weighted by Gasteiger charge is -2.28. The van der Waals surface area contributed by atoms with Crippen LogP contribution < -0.4 is 5.32 Å². The molecule has 88 valence electrons. The topological polar surface area (TPSA) is 18.5 Å². The van der Waals surface area contributed by atoms with Gasteiger partial charge in [-0.25, -0.2) is 0 Å². The monoisotopic (exact) mass is 229 g/mol. The second kappa shape index (κ2) is 5.53. The molecule has 0 spiro atoms. The van der Waals surface area contributed by atoms with Crippen LogP contribution in [0.5, 0.6) is 0 Å². The lowest BCUT2D eigenvalue weighted by atomic mass is 10.2. The maximum Gasteiger partial charge on any atom is 0.0285 e. The molecule has 0 aromatic heterocycles. The van der Waals surface area contributed by atoms with E-state index in [1.165, 1.54) is 44.1 Å². The Hall–Kier alpha value is 0.230. The predicted octanol–water partition coefficient (Wildman–Crippen LogP) is 0.327. The van der Waals surface area contributed by atoms with Gasteiger partial charge in [0.05, 0.1) is 0 Å². The third-order valence-electron chi connectivity index (χ3n) is 3.45. The molecular weight excluding hydrogens is 206 g/mol. The van der Waals surface area contributed by atoms with Gasteiger partial charge < -0.3 is 15.1 Å². The minimum Gasteiger partial charge on any atom is -0.311 e. The Bertz CT molecular complexity index is 192. The predicted molar refractivity (Wildman–Crippen MR) is 67.6 cm³/mol. The number of likely N-dealkylation sites (tertiary alicyclic amines) is 1. The fourth-order valence-corrected chi connectivity index (χ4v) is 3.38. The minimum absolute atomic E-state index is 0.727. The Kier molecular flexibility index (Phi) is 4.31. The van der Waals surface area contributed by atoms with Crippen molar-refractivity contribution < 1.29 is 0 Å². The number of thioether (sulfide) groups is 1. The molecule has 3 nitrogen and oxygen atoms in total. The first-order chi connectivity index (χ1) is 7.25. The van der Waals surface area contributed by atoms with Crippen LogP contribution in [0.1, 0.15) is 6.42 Å². The first-order valence-electron chi connectivity index (χ1n) is 5.95. The van der Waals surface area contributed by atoms with Gasteiger partial charge >= 0.3 is 0 Å². The van der Waals surface area contributed by atoms with Crippen LogP contribution in [0.3, 0.4) is 0 Å². The van der Waals surface area contributed by atoms with Crippen LogP contribution in [0.4, 0.5) is 0 Å². The van der Waals surface area contributed by atoms with Crippen LogP contribution in [0, 0.1) is 0 Å². The fraction of sp³-hybridized carbons (Fsp3) is 1.00. The maximum atomic E-state index is 3.61. The molecule has 2 fully saturated rings. The largest absolute Gasteiger partial charge is 0.311 e. The fourth-order valence-electron chi connectivity index (χ4n) is 2.45. The van der Waals surface area contributed by atoms with E-state index in [4.69, 9.17) is 0 Å². The zero-order valence-corrected chi connectivity index (χ0v) is 10.7. The van der Waals surface area contributed by atoms with Crippen molar-refractivity contribution in [2.24, 2.45) is 0 Å². The first-order valence-corrected chi connectivity index (χ1v) is 7.11. The highest BCUT2D eigenvalue weighted by Gasteiger charge is 2.26. The summed E-state index contributed by atoms with van der Waals surface area (Å²) in [4.78, 5) is 4.98. The molecule has 2 rings (SSSR count). The summed E-state index contributed by atoms with van der Waals surface area (Å²) in [5.74, 6) is 2.58. The van der Waals surface area contributed by atoms with Crippen molar-refractivity contribution in [2.75, 3.05) is 51.8 Å². The van der Waals surface area contributed by atoms with Crippen molar-refractivity contribution in [3.63, 3.8) is 0 Å². The summed E-state index contributed by atoms with van der Waals surface area (Å²) in [5.41, 5.74) is 0. The Balaban J connectivity index is 1.71. The van der Waals surface area contributed by atoms with Gasteiger partial charge in [0.25, 0.3) is 0 Å². The molecule has 2 heterocycles. The van der Waals surface area contributed by atoms with Gasteiger partial charge in [0.15, 0.2) is 0 Å². The van der Waals surface area contributed by atoms with Crippen LogP contribution in [0.25, 0.3) is 0 Å². The van der Waals surface area contributed by atoms with E-state index in [1.807, 2.05) is 0 Å². The molecule has 2 atom stereocenters. The molecule has 1 N–H and O–H groups in total. The first kappa shape index (κ1) is 11.7. The van der Waals surface area contributed by atoms with Crippen LogP contribution in [0.15, 0.2) is 0 Å². The van der Waals surface area contributed by atoms with Crippen molar-refractivity contribution in [1.82, 2.24) is 15.1 Å². The van der Waals surface area contributed by atoms with E-state index in [2.05, 4.69) is 41.0 Å². The average molecular weight is 229 g/mol. The third kappa shape index (κ3) is 3.34. The lowest BCUT2D eigenvalue weighted by Crippen LogP contribution is -2.46. The summed E-state index contributed by atoms with van der Waals surface area (Å²) < 4.78 is 0. The zero-order valence-electron chi connectivity index (χ0n) is 9.91. The van der Waals surface area contributed by atoms with Gasteiger partial charge in [-0.15, -0.1) is 0 Å². The molecule has 2 aliphatic heterocycles. The lowest BCUT2D eigenvalue weighted by molar-refractivity contribution is 0.255. The molecule has 4 heteroatoms. The number of likely N-dealkylation sites (N-methyl/N-ethyl adjacent to an activating group) is 1. The van der Waals surface area contributed by atoms with Crippen LogP contribution in [-0.4, -0.2) is 73.7 Å². The summed E-state index contributed by atoms with van der Waals surface area (Å²) in [6, 6.07) is 1.51. The number of nitrogens with one attached hydrogen (secondary N) is 1. The second-order valence-corrected chi connectivity index (χ2v) is 6.04. The smallest absolute Gasteiger partial charge is 0.0285 e. The van der Waals surface area contributed by atoms with Gasteiger partial charge in [0.2, 0.25) is 0 Å².